The SMILES string of the molecule is NCCC(N)CCCNc1ccsc1. The molecule has 80 valence electrons. The molecule has 14 heavy (non-hydrogen) atoms. The second-order valence-electron chi connectivity index (χ2n) is 3.42. The Bertz CT molecular complexity index is 223. The molecular weight excluding hydrogens is 194 g/mol. The van der Waals surface area contributed by atoms with Gasteiger partial charge in [0.2, 0.25) is 0 Å². The summed E-state index contributed by atoms with van der Waals surface area (Å²) in [4.78, 5) is 0. The summed E-state index contributed by atoms with van der Waals surface area (Å²) >= 11 is 1.71. The van der Waals surface area contributed by atoms with E-state index in [0.717, 1.165) is 25.8 Å². The quantitative estimate of drug-likeness (QED) is 0.603. The molecule has 0 aliphatic heterocycles. The maximum Gasteiger partial charge on any atom is 0.0448 e. The van der Waals surface area contributed by atoms with E-state index in [1.807, 2.05) is 0 Å². The molecule has 1 rings (SSSR count). The Morgan fingerprint density at radius 2 is 2.29 bits per heavy atom. The largest absolute Gasteiger partial charge is 0.384 e. The van der Waals surface area contributed by atoms with Crippen molar-refractivity contribution in [2.45, 2.75) is 25.3 Å². The smallest absolute Gasteiger partial charge is 0.0448 e. The van der Waals surface area contributed by atoms with E-state index in [1.165, 1.54) is 5.69 Å². The van der Waals surface area contributed by atoms with E-state index in [0.29, 0.717) is 6.54 Å². The van der Waals surface area contributed by atoms with Gasteiger partial charge >= 0.3 is 0 Å². The first-order chi connectivity index (χ1) is 6.83. The molecule has 4 heteroatoms. The Hall–Kier alpha value is -0.580. The molecule has 3 nitrogen and oxygen atoms in total. The van der Waals surface area contributed by atoms with Crippen molar-refractivity contribution in [2.75, 3.05) is 18.4 Å². The van der Waals surface area contributed by atoms with Gasteiger partial charge in [-0.05, 0) is 37.3 Å². The second-order valence-corrected chi connectivity index (χ2v) is 4.20. The third-order valence-electron chi connectivity index (χ3n) is 2.14. The summed E-state index contributed by atoms with van der Waals surface area (Å²) in [5, 5.41) is 7.53. The second kappa shape index (κ2) is 6.81. The number of nitrogens with two attached hydrogens (primary N) is 2. The fourth-order valence-electron chi connectivity index (χ4n) is 1.32. The fourth-order valence-corrected chi connectivity index (χ4v) is 1.93. The minimum Gasteiger partial charge on any atom is -0.384 e. The Balaban J connectivity index is 1.99. The molecule has 0 saturated carbocycles. The minimum absolute atomic E-state index is 0.268. The summed E-state index contributed by atoms with van der Waals surface area (Å²) in [6.45, 7) is 1.69. The van der Waals surface area contributed by atoms with Gasteiger partial charge in [-0.15, -0.1) is 0 Å². The number of nitrogens with one attached hydrogen (secondary N) is 1. The normalized spacial score (nSPS) is 12.7. The first-order valence-electron chi connectivity index (χ1n) is 5.04. The van der Waals surface area contributed by atoms with Crippen molar-refractivity contribution in [1.29, 1.82) is 0 Å². The van der Waals surface area contributed by atoms with Gasteiger partial charge < -0.3 is 16.8 Å². The van der Waals surface area contributed by atoms with Crippen LogP contribution in [0.25, 0.3) is 0 Å². The lowest BCUT2D eigenvalue weighted by Crippen LogP contribution is -2.24. The minimum atomic E-state index is 0.268. The Labute approximate surface area is 89.5 Å². The van der Waals surface area contributed by atoms with Gasteiger partial charge in [-0.1, -0.05) is 0 Å². The molecule has 0 aliphatic rings. The Morgan fingerprint density at radius 3 is 2.93 bits per heavy atom. The van der Waals surface area contributed by atoms with Crippen LogP contribution in [0.1, 0.15) is 19.3 Å². The maximum absolute atomic E-state index is 5.84. The molecule has 0 aromatic carbocycles. The number of hydrogen-bond donors (Lipinski definition) is 3. The van der Waals surface area contributed by atoms with E-state index in [1.54, 1.807) is 11.3 Å². The summed E-state index contributed by atoms with van der Waals surface area (Å²) in [5.41, 5.74) is 12.5. The molecule has 0 amide bonds. The van der Waals surface area contributed by atoms with Crippen LogP contribution in [0.4, 0.5) is 5.69 Å². The molecule has 1 aromatic heterocycles. The van der Waals surface area contributed by atoms with Crippen molar-refractivity contribution in [1.82, 2.24) is 0 Å². The van der Waals surface area contributed by atoms with Crippen molar-refractivity contribution >= 4 is 17.0 Å². The zero-order chi connectivity index (χ0) is 10.2. The van der Waals surface area contributed by atoms with Gasteiger partial charge in [0, 0.05) is 23.7 Å². The lowest BCUT2D eigenvalue weighted by Gasteiger charge is -2.10. The monoisotopic (exact) mass is 213 g/mol. The standard InChI is InChI=1S/C10H19N3S/c11-5-3-9(12)2-1-6-13-10-4-7-14-8-10/h4,7-9,13H,1-3,5-6,11-12H2. The first-order valence-corrected chi connectivity index (χ1v) is 5.99. The first kappa shape index (κ1) is 11.5. The van der Waals surface area contributed by atoms with Crippen LogP contribution >= 0.6 is 11.3 Å². The number of rotatable bonds is 7. The average molecular weight is 213 g/mol. The van der Waals surface area contributed by atoms with Crippen molar-refractivity contribution in [2.24, 2.45) is 11.5 Å². The van der Waals surface area contributed by atoms with Crippen molar-refractivity contribution in [3.8, 4) is 0 Å². The van der Waals surface area contributed by atoms with Crippen LogP contribution in [-0.4, -0.2) is 19.1 Å². The summed E-state index contributed by atoms with van der Waals surface area (Å²) in [7, 11) is 0. The van der Waals surface area contributed by atoms with Crippen molar-refractivity contribution < 1.29 is 0 Å². The predicted octanol–water partition coefficient (Wildman–Crippen LogP) is 1.62. The number of thiophene rings is 1. The number of hydrogen-bond acceptors (Lipinski definition) is 4. The highest BCUT2D eigenvalue weighted by Gasteiger charge is 2.00. The summed E-state index contributed by atoms with van der Waals surface area (Å²) in [6, 6.07) is 2.36. The Morgan fingerprint density at radius 1 is 1.43 bits per heavy atom. The van der Waals surface area contributed by atoms with Gasteiger partial charge in [0.15, 0.2) is 0 Å². The van der Waals surface area contributed by atoms with Crippen LogP contribution in [0.2, 0.25) is 0 Å². The van der Waals surface area contributed by atoms with E-state index in [9.17, 15) is 0 Å². The highest BCUT2D eigenvalue weighted by Crippen LogP contribution is 2.11. The topological polar surface area (TPSA) is 64.1 Å². The van der Waals surface area contributed by atoms with Crippen LogP contribution < -0.4 is 16.8 Å². The van der Waals surface area contributed by atoms with E-state index < -0.39 is 0 Å². The van der Waals surface area contributed by atoms with Crippen LogP contribution in [-0.2, 0) is 0 Å². The van der Waals surface area contributed by atoms with Crippen molar-refractivity contribution in [3.63, 3.8) is 0 Å². The van der Waals surface area contributed by atoms with Crippen LogP contribution in [0.15, 0.2) is 16.8 Å². The average Bonchev–Trinajstić information content (AvgIpc) is 2.65. The molecule has 1 unspecified atom stereocenters. The molecule has 0 spiro atoms. The molecule has 0 radical (unpaired) electrons. The van der Waals surface area contributed by atoms with Gasteiger partial charge in [-0.3, -0.25) is 0 Å². The van der Waals surface area contributed by atoms with Gasteiger partial charge in [0.25, 0.3) is 0 Å². The highest BCUT2D eigenvalue weighted by molar-refractivity contribution is 7.08. The highest BCUT2D eigenvalue weighted by atomic mass is 32.1. The van der Waals surface area contributed by atoms with Crippen LogP contribution in [0.5, 0.6) is 0 Å². The van der Waals surface area contributed by atoms with Crippen LogP contribution in [0.3, 0.4) is 0 Å². The maximum atomic E-state index is 5.84. The van der Waals surface area contributed by atoms with E-state index in [4.69, 9.17) is 11.5 Å². The Kier molecular flexibility index (Phi) is 5.59. The fraction of sp³-hybridized carbons (Fsp3) is 0.600. The summed E-state index contributed by atoms with van der Waals surface area (Å²) in [6.07, 6.45) is 3.09. The summed E-state index contributed by atoms with van der Waals surface area (Å²) < 4.78 is 0. The molecule has 0 aliphatic carbocycles. The molecule has 1 atom stereocenters. The van der Waals surface area contributed by atoms with Crippen LogP contribution in [0, 0.1) is 0 Å². The molecule has 0 fully saturated rings. The molecule has 0 bridgehead atoms. The lowest BCUT2D eigenvalue weighted by molar-refractivity contribution is 0.561. The molecular formula is C10H19N3S. The third kappa shape index (κ3) is 4.60. The van der Waals surface area contributed by atoms with Gasteiger partial charge in [-0.2, -0.15) is 11.3 Å². The van der Waals surface area contributed by atoms with Gasteiger partial charge in [-0.25, -0.2) is 0 Å². The van der Waals surface area contributed by atoms with E-state index in [-0.39, 0.29) is 6.04 Å². The zero-order valence-corrected chi connectivity index (χ0v) is 9.22. The zero-order valence-electron chi connectivity index (χ0n) is 8.41. The van der Waals surface area contributed by atoms with Gasteiger partial charge in [0.05, 0.1) is 0 Å². The molecule has 1 heterocycles. The molecule has 0 saturated heterocycles. The summed E-state index contributed by atoms with van der Waals surface area (Å²) in [5.74, 6) is 0. The van der Waals surface area contributed by atoms with E-state index in [2.05, 4.69) is 22.1 Å². The third-order valence-corrected chi connectivity index (χ3v) is 2.82. The molecule has 1 aromatic rings. The number of anilines is 1. The predicted molar refractivity (Wildman–Crippen MR) is 63.7 cm³/mol. The van der Waals surface area contributed by atoms with Gasteiger partial charge in [0.1, 0.15) is 0 Å². The lowest BCUT2D eigenvalue weighted by atomic mass is 10.1. The van der Waals surface area contributed by atoms with E-state index >= 15 is 0 Å². The van der Waals surface area contributed by atoms with Crippen molar-refractivity contribution in [3.05, 3.63) is 16.8 Å². The molecule has 5 N–H and O–H groups in total.